The van der Waals surface area contributed by atoms with Crippen molar-refractivity contribution in [3.63, 3.8) is 0 Å². The molecule has 0 saturated carbocycles. The molecule has 0 fully saturated rings. The van der Waals surface area contributed by atoms with Crippen molar-refractivity contribution in [3.8, 4) is 0 Å². The highest BCUT2D eigenvalue weighted by Crippen LogP contribution is 2.22. The second-order valence-electron chi connectivity index (χ2n) is 9.62. The second-order valence-corrected chi connectivity index (χ2v) is 10.7. The minimum atomic E-state index is -0.535. The van der Waals surface area contributed by atoms with E-state index in [9.17, 15) is 19.2 Å². The van der Waals surface area contributed by atoms with Crippen LogP contribution in [-0.2, 0) is 9.59 Å². The number of nitrogens with one attached hydrogen (secondary N) is 3. The smallest absolute Gasteiger partial charge is 0.272 e. The Hall–Kier alpha value is -5.35. The summed E-state index contributed by atoms with van der Waals surface area (Å²) in [4.78, 5) is 52.5. The molecule has 5 N–H and O–H groups in total. The molecule has 4 amide bonds. The zero-order valence-electron chi connectivity index (χ0n) is 23.7. The van der Waals surface area contributed by atoms with Crippen LogP contribution in [0.5, 0.6) is 0 Å². The molecular weight excluding hydrogens is 562 g/mol. The molecule has 9 nitrogen and oxygen atoms in total. The number of amides is 4. The van der Waals surface area contributed by atoms with E-state index in [1.54, 1.807) is 78.9 Å². The summed E-state index contributed by atoms with van der Waals surface area (Å²) in [5.74, 6) is -1.47. The van der Waals surface area contributed by atoms with Crippen LogP contribution in [0.3, 0.4) is 0 Å². The van der Waals surface area contributed by atoms with Crippen LogP contribution in [0.25, 0.3) is 6.08 Å². The number of thioether (sulfide) groups is 1. The van der Waals surface area contributed by atoms with Gasteiger partial charge in [0.1, 0.15) is 5.70 Å². The summed E-state index contributed by atoms with van der Waals surface area (Å²) in [6, 6.07) is 29.6. The largest absolute Gasteiger partial charge is 0.378 e. The van der Waals surface area contributed by atoms with Crippen molar-refractivity contribution >= 4 is 58.5 Å². The number of hydrogen-bond donors (Lipinski definition) is 4. The molecule has 0 bridgehead atoms. The molecule has 0 unspecified atom stereocenters. The summed E-state index contributed by atoms with van der Waals surface area (Å²) in [5.41, 5.74) is 8.96. The number of carbonyl (C=O) groups is 4. The van der Waals surface area contributed by atoms with Gasteiger partial charge in [-0.15, -0.1) is 11.8 Å². The topological polar surface area (TPSA) is 134 Å². The Balaban J connectivity index is 1.39. The normalized spacial score (nSPS) is 10.9. The quantitative estimate of drug-likeness (QED) is 0.143. The number of benzene rings is 4. The second kappa shape index (κ2) is 14.5. The third-order valence-corrected chi connectivity index (χ3v) is 7.20. The van der Waals surface area contributed by atoms with Crippen molar-refractivity contribution in [3.05, 3.63) is 126 Å². The van der Waals surface area contributed by atoms with E-state index in [-0.39, 0.29) is 17.4 Å². The third-order valence-electron chi connectivity index (χ3n) is 6.18. The van der Waals surface area contributed by atoms with E-state index in [0.29, 0.717) is 22.5 Å². The van der Waals surface area contributed by atoms with E-state index in [4.69, 9.17) is 5.73 Å². The highest BCUT2D eigenvalue weighted by molar-refractivity contribution is 8.00. The molecule has 0 heterocycles. The van der Waals surface area contributed by atoms with Crippen LogP contribution in [0, 0.1) is 0 Å². The number of primary amides is 1. The van der Waals surface area contributed by atoms with Crippen LogP contribution in [0.15, 0.2) is 114 Å². The summed E-state index contributed by atoms with van der Waals surface area (Å²) < 4.78 is 0. The van der Waals surface area contributed by atoms with Gasteiger partial charge in [-0.25, -0.2) is 0 Å². The first-order valence-corrected chi connectivity index (χ1v) is 14.3. The molecule has 0 aliphatic carbocycles. The van der Waals surface area contributed by atoms with Gasteiger partial charge in [-0.05, 0) is 84.4 Å². The van der Waals surface area contributed by atoms with E-state index < -0.39 is 17.7 Å². The van der Waals surface area contributed by atoms with Gasteiger partial charge in [0.25, 0.3) is 11.8 Å². The molecule has 4 rings (SSSR count). The van der Waals surface area contributed by atoms with E-state index in [2.05, 4.69) is 16.0 Å². The lowest BCUT2D eigenvalue weighted by atomic mass is 10.1. The van der Waals surface area contributed by atoms with Crippen LogP contribution < -0.4 is 26.6 Å². The molecule has 43 heavy (non-hydrogen) atoms. The Kier molecular flexibility index (Phi) is 10.3. The number of rotatable bonds is 11. The van der Waals surface area contributed by atoms with Crippen molar-refractivity contribution in [2.75, 3.05) is 35.4 Å². The molecule has 0 atom stereocenters. The van der Waals surface area contributed by atoms with Gasteiger partial charge < -0.3 is 26.6 Å². The molecule has 0 spiro atoms. The minimum absolute atomic E-state index is 0.0884. The van der Waals surface area contributed by atoms with Gasteiger partial charge in [0.2, 0.25) is 11.8 Å². The predicted octanol–water partition coefficient (Wildman–Crippen LogP) is 4.99. The maximum absolute atomic E-state index is 13.3. The van der Waals surface area contributed by atoms with E-state index in [1.807, 2.05) is 49.3 Å². The average molecular weight is 594 g/mol. The van der Waals surface area contributed by atoms with Crippen molar-refractivity contribution in [2.45, 2.75) is 4.90 Å². The fourth-order valence-corrected chi connectivity index (χ4v) is 4.57. The fraction of sp³-hybridized carbons (Fsp3) is 0.0909. The van der Waals surface area contributed by atoms with Gasteiger partial charge >= 0.3 is 0 Å². The van der Waals surface area contributed by atoms with E-state index >= 15 is 0 Å². The Morgan fingerprint density at radius 2 is 1.35 bits per heavy atom. The molecule has 4 aromatic carbocycles. The molecule has 4 aromatic rings. The minimum Gasteiger partial charge on any atom is -0.378 e. The monoisotopic (exact) mass is 593 g/mol. The standard InChI is InChI=1S/C33H31N5O4S/c1-38(2)27-16-8-22(9-17-27)20-29(37-32(41)24-6-4-3-5-7-24)33(42)36-26-14-18-28(19-15-26)43-21-30(39)35-25-12-10-23(11-13-25)31(34)40/h3-20H,21H2,1-2H3,(H2,34,40)(H,35,39)(H,36,42)(H,37,41)/b29-20-. The molecular formula is C33H31N5O4S. The first-order valence-electron chi connectivity index (χ1n) is 13.3. The number of carbonyl (C=O) groups excluding carboxylic acids is 4. The van der Waals surface area contributed by atoms with Gasteiger partial charge in [-0.2, -0.15) is 0 Å². The van der Waals surface area contributed by atoms with Gasteiger partial charge in [0.05, 0.1) is 5.75 Å². The summed E-state index contributed by atoms with van der Waals surface area (Å²) in [6.07, 6.45) is 1.62. The van der Waals surface area contributed by atoms with Gasteiger partial charge in [-0.1, -0.05) is 30.3 Å². The Bertz CT molecular complexity index is 1620. The summed E-state index contributed by atoms with van der Waals surface area (Å²) in [7, 11) is 3.88. The van der Waals surface area contributed by atoms with Crippen LogP contribution in [0.2, 0.25) is 0 Å². The summed E-state index contributed by atoms with van der Waals surface area (Å²) >= 11 is 1.33. The maximum atomic E-state index is 13.3. The highest BCUT2D eigenvalue weighted by atomic mass is 32.2. The maximum Gasteiger partial charge on any atom is 0.272 e. The lowest BCUT2D eigenvalue weighted by Gasteiger charge is -2.13. The summed E-state index contributed by atoms with van der Waals surface area (Å²) in [5, 5.41) is 8.35. The molecule has 0 aliphatic heterocycles. The van der Waals surface area contributed by atoms with Gasteiger partial charge in [-0.3, -0.25) is 19.2 Å². The van der Waals surface area contributed by atoms with Crippen molar-refractivity contribution in [2.24, 2.45) is 5.73 Å². The van der Waals surface area contributed by atoms with Crippen LogP contribution in [0.4, 0.5) is 17.1 Å². The SMILES string of the molecule is CN(C)c1ccc(/C=C(\NC(=O)c2ccccc2)C(=O)Nc2ccc(SCC(=O)Nc3ccc(C(N)=O)cc3)cc2)cc1. The molecule has 10 heteroatoms. The average Bonchev–Trinajstić information content (AvgIpc) is 3.01. The van der Waals surface area contributed by atoms with Gasteiger partial charge in [0, 0.05) is 47.2 Å². The van der Waals surface area contributed by atoms with Crippen LogP contribution in [-0.4, -0.2) is 43.5 Å². The zero-order chi connectivity index (χ0) is 30.8. The Morgan fingerprint density at radius 3 is 1.95 bits per heavy atom. The first-order chi connectivity index (χ1) is 20.7. The zero-order valence-corrected chi connectivity index (χ0v) is 24.5. The fourth-order valence-electron chi connectivity index (χ4n) is 3.87. The molecule has 0 radical (unpaired) electrons. The molecule has 218 valence electrons. The van der Waals surface area contributed by atoms with Crippen molar-refractivity contribution < 1.29 is 19.2 Å². The number of nitrogens with two attached hydrogens (primary N) is 1. The van der Waals surface area contributed by atoms with Crippen LogP contribution in [0.1, 0.15) is 26.3 Å². The highest BCUT2D eigenvalue weighted by Gasteiger charge is 2.15. The van der Waals surface area contributed by atoms with E-state index in [1.165, 1.54) is 11.8 Å². The Morgan fingerprint density at radius 1 is 0.744 bits per heavy atom. The van der Waals surface area contributed by atoms with Gasteiger partial charge in [0.15, 0.2) is 0 Å². The number of hydrogen-bond acceptors (Lipinski definition) is 6. The summed E-state index contributed by atoms with van der Waals surface area (Å²) in [6.45, 7) is 0. The lowest BCUT2D eigenvalue weighted by molar-refractivity contribution is -0.114. The van der Waals surface area contributed by atoms with Crippen molar-refractivity contribution in [1.29, 1.82) is 0 Å². The molecule has 0 aliphatic rings. The Labute approximate surface area is 254 Å². The number of anilines is 3. The van der Waals surface area contributed by atoms with E-state index in [0.717, 1.165) is 16.1 Å². The van der Waals surface area contributed by atoms with Crippen molar-refractivity contribution in [1.82, 2.24) is 5.32 Å². The number of nitrogens with zero attached hydrogens (tertiary/aromatic N) is 1. The lowest BCUT2D eigenvalue weighted by Crippen LogP contribution is -2.30. The van der Waals surface area contributed by atoms with Crippen LogP contribution >= 0.6 is 11.8 Å². The predicted molar refractivity (Wildman–Crippen MR) is 172 cm³/mol. The molecule has 0 aromatic heterocycles. The first kappa shape index (κ1) is 30.6. The molecule has 0 saturated heterocycles. The third kappa shape index (κ3) is 9.07.